The van der Waals surface area contributed by atoms with Crippen LogP contribution in [-0.2, 0) is 6.42 Å². The molecule has 0 unspecified atom stereocenters. The van der Waals surface area contributed by atoms with E-state index >= 15 is 0 Å². The maximum atomic E-state index is 12.1. The number of nitrogens with zero attached hydrogens (tertiary/aromatic N) is 1. The molecule has 0 saturated heterocycles. The van der Waals surface area contributed by atoms with Crippen LogP contribution >= 0.6 is 11.6 Å². The fourth-order valence-electron chi connectivity index (χ4n) is 2.22. The van der Waals surface area contributed by atoms with Crippen molar-refractivity contribution in [3.05, 3.63) is 81.4 Å². The molecule has 0 atom stereocenters. The topological polar surface area (TPSA) is 81.5 Å². The number of para-hydroxylation sites is 1. The molecular formula is C20H17ClN2O4. The zero-order valence-corrected chi connectivity index (χ0v) is 15.2. The number of amides is 1. The van der Waals surface area contributed by atoms with Gasteiger partial charge in [0.25, 0.3) is 11.6 Å². The van der Waals surface area contributed by atoms with Crippen LogP contribution in [0.15, 0.2) is 55.1 Å². The van der Waals surface area contributed by atoms with Crippen molar-refractivity contribution >= 4 is 23.2 Å². The molecule has 7 heteroatoms. The fourth-order valence-corrected chi connectivity index (χ4v) is 2.42. The van der Waals surface area contributed by atoms with Crippen LogP contribution in [0, 0.1) is 22.0 Å². The van der Waals surface area contributed by atoms with E-state index in [1.54, 1.807) is 6.08 Å². The Kier molecular flexibility index (Phi) is 7.41. The lowest BCUT2D eigenvalue weighted by molar-refractivity contribution is -0.384. The Labute approximate surface area is 161 Å². The number of benzene rings is 2. The molecule has 1 amide bonds. The van der Waals surface area contributed by atoms with Gasteiger partial charge in [-0.3, -0.25) is 14.9 Å². The molecule has 2 aromatic carbocycles. The SMILES string of the molecule is C=CCc1ccccc1OCC#CCNC(=O)c1cc([N+](=O)[O-])ccc1Cl. The van der Waals surface area contributed by atoms with E-state index in [0.717, 1.165) is 17.4 Å². The van der Waals surface area contributed by atoms with Crippen LogP contribution in [0.25, 0.3) is 0 Å². The van der Waals surface area contributed by atoms with Crippen LogP contribution < -0.4 is 10.1 Å². The normalized spacial score (nSPS) is 9.67. The lowest BCUT2D eigenvalue weighted by Crippen LogP contribution is -2.24. The molecule has 6 nitrogen and oxygen atoms in total. The number of non-ortho nitro benzene ring substituents is 1. The number of ether oxygens (including phenoxy) is 1. The van der Waals surface area contributed by atoms with Gasteiger partial charge in [0.15, 0.2) is 0 Å². The highest BCUT2D eigenvalue weighted by Crippen LogP contribution is 2.22. The van der Waals surface area contributed by atoms with E-state index < -0.39 is 10.8 Å². The average molecular weight is 385 g/mol. The van der Waals surface area contributed by atoms with Crippen molar-refractivity contribution in [1.82, 2.24) is 5.32 Å². The minimum atomic E-state index is -0.589. The Morgan fingerprint density at radius 1 is 1.30 bits per heavy atom. The number of carbonyl (C=O) groups excluding carboxylic acids is 1. The summed E-state index contributed by atoms with van der Waals surface area (Å²) in [5.74, 6) is 5.76. The second-order valence-corrected chi connectivity index (χ2v) is 5.75. The molecule has 2 rings (SSSR count). The molecule has 27 heavy (non-hydrogen) atoms. The van der Waals surface area contributed by atoms with Crippen LogP contribution in [0.3, 0.4) is 0 Å². The zero-order valence-electron chi connectivity index (χ0n) is 14.4. The van der Waals surface area contributed by atoms with Crippen molar-refractivity contribution in [2.45, 2.75) is 6.42 Å². The molecule has 0 aliphatic carbocycles. The maximum absolute atomic E-state index is 12.1. The first kappa shape index (κ1) is 20.0. The van der Waals surface area contributed by atoms with Crippen LogP contribution in [-0.4, -0.2) is 24.0 Å². The Hall–Kier alpha value is -3.30. The second-order valence-electron chi connectivity index (χ2n) is 5.35. The smallest absolute Gasteiger partial charge is 0.270 e. The first-order chi connectivity index (χ1) is 13.0. The van der Waals surface area contributed by atoms with Crippen molar-refractivity contribution in [3.63, 3.8) is 0 Å². The third-order valence-corrected chi connectivity index (χ3v) is 3.83. The monoisotopic (exact) mass is 384 g/mol. The van der Waals surface area contributed by atoms with Gasteiger partial charge in [-0.25, -0.2) is 0 Å². The molecule has 0 aliphatic rings. The molecule has 0 fully saturated rings. The number of rotatable bonds is 7. The number of nitro groups is 1. The Bertz CT molecular complexity index is 916. The minimum Gasteiger partial charge on any atom is -0.481 e. The van der Waals surface area contributed by atoms with Crippen molar-refractivity contribution in [2.75, 3.05) is 13.2 Å². The molecule has 138 valence electrons. The third-order valence-electron chi connectivity index (χ3n) is 3.50. The molecular weight excluding hydrogens is 368 g/mol. The number of nitrogens with one attached hydrogen (secondary N) is 1. The zero-order chi connectivity index (χ0) is 19.6. The largest absolute Gasteiger partial charge is 0.481 e. The van der Waals surface area contributed by atoms with Crippen molar-refractivity contribution in [2.24, 2.45) is 0 Å². The second kappa shape index (κ2) is 10.00. The summed E-state index contributed by atoms with van der Waals surface area (Å²) in [5.41, 5.74) is 0.840. The molecule has 0 heterocycles. The van der Waals surface area contributed by atoms with E-state index in [9.17, 15) is 14.9 Å². The summed E-state index contributed by atoms with van der Waals surface area (Å²) in [4.78, 5) is 22.3. The van der Waals surface area contributed by atoms with Crippen molar-refractivity contribution in [1.29, 1.82) is 0 Å². The maximum Gasteiger partial charge on any atom is 0.270 e. The predicted molar refractivity (Wildman–Crippen MR) is 104 cm³/mol. The van der Waals surface area contributed by atoms with Gasteiger partial charge >= 0.3 is 0 Å². The quantitative estimate of drug-likeness (QED) is 0.341. The van der Waals surface area contributed by atoms with E-state index in [0.29, 0.717) is 6.42 Å². The Balaban J connectivity index is 1.87. The molecule has 0 aromatic heterocycles. The first-order valence-electron chi connectivity index (χ1n) is 8.02. The lowest BCUT2D eigenvalue weighted by Gasteiger charge is -2.07. The molecule has 2 aromatic rings. The molecule has 0 bridgehead atoms. The van der Waals surface area contributed by atoms with Gasteiger partial charge in [-0.05, 0) is 24.1 Å². The van der Waals surface area contributed by atoms with Crippen molar-refractivity contribution in [3.8, 4) is 17.6 Å². The number of halogens is 1. The van der Waals surface area contributed by atoms with Gasteiger partial charge in [0.2, 0.25) is 0 Å². The van der Waals surface area contributed by atoms with Gasteiger partial charge in [0.1, 0.15) is 12.4 Å². The number of carbonyl (C=O) groups is 1. The summed E-state index contributed by atoms with van der Waals surface area (Å²) in [5, 5.41) is 13.5. The molecule has 0 aliphatic heterocycles. The van der Waals surface area contributed by atoms with Gasteiger partial charge in [0, 0.05) is 12.1 Å². The van der Waals surface area contributed by atoms with Gasteiger partial charge in [-0.2, -0.15) is 0 Å². The van der Waals surface area contributed by atoms with Gasteiger partial charge in [-0.1, -0.05) is 47.7 Å². The lowest BCUT2D eigenvalue weighted by atomic mass is 10.1. The van der Waals surface area contributed by atoms with Crippen LogP contribution in [0.4, 0.5) is 5.69 Å². The molecule has 1 N–H and O–H groups in total. The van der Waals surface area contributed by atoms with Gasteiger partial charge in [0.05, 0.1) is 22.1 Å². The van der Waals surface area contributed by atoms with Crippen LogP contribution in [0.5, 0.6) is 5.75 Å². The highest BCUT2D eigenvalue weighted by atomic mass is 35.5. The van der Waals surface area contributed by atoms with Crippen LogP contribution in [0.1, 0.15) is 15.9 Å². The highest BCUT2D eigenvalue weighted by Gasteiger charge is 2.15. The molecule has 0 radical (unpaired) electrons. The number of hydrogen-bond donors (Lipinski definition) is 1. The van der Waals surface area contributed by atoms with Gasteiger partial charge < -0.3 is 10.1 Å². The molecule has 0 spiro atoms. The van der Waals surface area contributed by atoms with E-state index in [2.05, 4.69) is 23.7 Å². The summed E-state index contributed by atoms with van der Waals surface area (Å²) < 4.78 is 5.61. The van der Waals surface area contributed by atoms with Crippen LogP contribution in [0.2, 0.25) is 5.02 Å². The summed E-state index contributed by atoms with van der Waals surface area (Å²) >= 11 is 5.92. The summed E-state index contributed by atoms with van der Waals surface area (Å²) in [7, 11) is 0. The fraction of sp³-hybridized carbons (Fsp3) is 0.150. The number of nitro benzene ring substituents is 1. The Morgan fingerprint density at radius 3 is 2.81 bits per heavy atom. The van der Waals surface area contributed by atoms with Gasteiger partial charge in [-0.15, -0.1) is 6.58 Å². The average Bonchev–Trinajstić information content (AvgIpc) is 2.66. The Morgan fingerprint density at radius 2 is 2.07 bits per heavy atom. The summed E-state index contributed by atoms with van der Waals surface area (Å²) in [6.45, 7) is 3.94. The minimum absolute atomic E-state index is 0.0299. The number of allylic oxidation sites excluding steroid dienone is 1. The summed E-state index contributed by atoms with van der Waals surface area (Å²) in [6.07, 6.45) is 2.49. The number of hydrogen-bond acceptors (Lipinski definition) is 4. The first-order valence-corrected chi connectivity index (χ1v) is 8.40. The van der Waals surface area contributed by atoms with E-state index in [-0.39, 0.29) is 29.4 Å². The third kappa shape index (κ3) is 5.87. The van der Waals surface area contributed by atoms with E-state index in [4.69, 9.17) is 16.3 Å². The standard InChI is InChI=1S/C20H17ClN2O4/c1-2-7-15-8-3-4-9-19(15)27-13-6-5-12-22-20(24)17-14-16(23(25)26)10-11-18(17)21/h2-4,8-11,14H,1,7,12-13H2,(H,22,24). The predicted octanol–water partition coefficient (Wildman–Crippen LogP) is 3.79. The molecule has 0 saturated carbocycles. The van der Waals surface area contributed by atoms with Crippen molar-refractivity contribution < 1.29 is 14.5 Å². The van der Waals surface area contributed by atoms with E-state index in [1.165, 1.54) is 12.1 Å². The summed E-state index contributed by atoms with van der Waals surface area (Å²) in [6, 6.07) is 11.3. The highest BCUT2D eigenvalue weighted by molar-refractivity contribution is 6.33. The van der Waals surface area contributed by atoms with E-state index in [1.807, 2.05) is 24.3 Å².